The normalized spacial score (nSPS) is 12.4. The van der Waals surface area contributed by atoms with Crippen molar-refractivity contribution in [3.8, 4) is 0 Å². The van der Waals surface area contributed by atoms with Crippen LogP contribution in [0.1, 0.15) is 23.7 Å². The number of hydrogen-bond acceptors (Lipinski definition) is 4. The number of nitrogens with one attached hydrogen (secondary N) is 1. The zero-order valence-electron chi connectivity index (χ0n) is 8.77. The third kappa shape index (κ3) is 2.53. The van der Waals surface area contributed by atoms with Gasteiger partial charge in [-0.15, -0.1) is 11.3 Å². The van der Waals surface area contributed by atoms with Crippen LogP contribution in [0.25, 0.3) is 0 Å². The Kier molecular flexibility index (Phi) is 2.97. The summed E-state index contributed by atoms with van der Waals surface area (Å²) in [5.74, 6) is 0. The number of anilines is 1. The quantitative estimate of drug-likeness (QED) is 0.862. The standard InChI is InChI=1S/C11H13N3S/c1-8(11-7-15-9(2)14-11)13-10-4-3-5-12-6-10/h3-8,13H,1-2H3. The molecule has 1 atom stereocenters. The zero-order valence-corrected chi connectivity index (χ0v) is 9.58. The highest BCUT2D eigenvalue weighted by molar-refractivity contribution is 7.09. The number of hydrogen-bond donors (Lipinski definition) is 1. The lowest BCUT2D eigenvalue weighted by atomic mass is 10.2. The van der Waals surface area contributed by atoms with Crippen molar-refractivity contribution in [1.29, 1.82) is 0 Å². The van der Waals surface area contributed by atoms with Gasteiger partial charge in [-0.2, -0.15) is 0 Å². The molecular weight excluding hydrogens is 206 g/mol. The molecule has 1 unspecified atom stereocenters. The van der Waals surface area contributed by atoms with Crippen LogP contribution in [0.3, 0.4) is 0 Å². The van der Waals surface area contributed by atoms with Gasteiger partial charge in [0.1, 0.15) is 0 Å². The van der Waals surface area contributed by atoms with E-state index in [-0.39, 0.29) is 6.04 Å². The molecule has 0 amide bonds. The molecule has 0 saturated heterocycles. The summed E-state index contributed by atoms with van der Waals surface area (Å²) >= 11 is 1.68. The first-order valence-electron chi connectivity index (χ1n) is 4.84. The maximum Gasteiger partial charge on any atom is 0.0898 e. The van der Waals surface area contributed by atoms with E-state index in [0.29, 0.717) is 0 Å². The van der Waals surface area contributed by atoms with Gasteiger partial charge in [-0.1, -0.05) is 0 Å². The Balaban J connectivity index is 2.07. The van der Waals surface area contributed by atoms with Gasteiger partial charge in [0.2, 0.25) is 0 Å². The molecule has 0 fully saturated rings. The van der Waals surface area contributed by atoms with E-state index >= 15 is 0 Å². The maximum atomic E-state index is 4.44. The highest BCUT2D eigenvalue weighted by atomic mass is 32.1. The Morgan fingerprint density at radius 2 is 2.33 bits per heavy atom. The molecule has 2 aromatic heterocycles. The van der Waals surface area contributed by atoms with E-state index in [2.05, 4.69) is 27.6 Å². The molecule has 0 aliphatic carbocycles. The summed E-state index contributed by atoms with van der Waals surface area (Å²) in [7, 11) is 0. The van der Waals surface area contributed by atoms with Gasteiger partial charge in [0.15, 0.2) is 0 Å². The van der Waals surface area contributed by atoms with Gasteiger partial charge in [-0.05, 0) is 26.0 Å². The van der Waals surface area contributed by atoms with Crippen LogP contribution >= 0.6 is 11.3 Å². The monoisotopic (exact) mass is 219 g/mol. The van der Waals surface area contributed by atoms with Crippen LogP contribution in [0.5, 0.6) is 0 Å². The van der Waals surface area contributed by atoms with Crippen LogP contribution in [-0.4, -0.2) is 9.97 Å². The molecule has 0 radical (unpaired) electrons. The molecule has 15 heavy (non-hydrogen) atoms. The fourth-order valence-electron chi connectivity index (χ4n) is 1.35. The first-order valence-corrected chi connectivity index (χ1v) is 5.72. The van der Waals surface area contributed by atoms with Crippen molar-refractivity contribution >= 4 is 17.0 Å². The number of nitrogens with zero attached hydrogens (tertiary/aromatic N) is 2. The summed E-state index contributed by atoms with van der Waals surface area (Å²) in [4.78, 5) is 8.50. The summed E-state index contributed by atoms with van der Waals surface area (Å²) in [5, 5.41) is 6.54. The van der Waals surface area contributed by atoms with E-state index in [9.17, 15) is 0 Å². The van der Waals surface area contributed by atoms with Gasteiger partial charge in [0.05, 0.1) is 22.4 Å². The predicted molar refractivity (Wildman–Crippen MR) is 63.1 cm³/mol. The van der Waals surface area contributed by atoms with Gasteiger partial charge >= 0.3 is 0 Å². The average molecular weight is 219 g/mol. The van der Waals surface area contributed by atoms with Gasteiger partial charge in [-0.3, -0.25) is 4.98 Å². The largest absolute Gasteiger partial charge is 0.376 e. The molecule has 2 rings (SSSR count). The Morgan fingerprint density at radius 1 is 1.47 bits per heavy atom. The van der Waals surface area contributed by atoms with Gasteiger partial charge in [-0.25, -0.2) is 4.98 Å². The Morgan fingerprint density at radius 3 is 2.93 bits per heavy atom. The number of aryl methyl sites for hydroxylation is 1. The maximum absolute atomic E-state index is 4.44. The van der Waals surface area contributed by atoms with Crippen LogP contribution in [0.4, 0.5) is 5.69 Å². The Labute approximate surface area is 93.2 Å². The van der Waals surface area contributed by atoms with E-state index in [1.807, 2.05) is 25.3 Å². The summed E-state index contributed by atoms with van der Waals surface area (Å²) in [6.45, 7) is 4.12. The van der Waals surface area contributed by atoms with Crippen LogP contribution in [-0.2, 0) is 0 Å². The Bertz CT molecular complexity index is 424. The second kappa shape index (κ2) is 4.40. The van der Waals surface area contributed by atoms with Crippen molar-refractivity contribution in [2.75, 3.05) is 5.32 Å². The fraction of sp³-hybridized carbons (Fsp3) is 0.273. The molecule has 2 aromatic rings. The number of pyridine rings is 1. The third-order valence-corrected chi connectivity index (χ3v) is 2.92. The van der Waals surface area contributed by atoms with E-state index in [0.717, 1.165) is 16.4 Å². The molecule has 4 heteroatoms. The first-order chi connectivity index (χ1) is 7.25. The van der Waals surface area contributed by atoms with E-state index in [1.54, 1.807) is 17.5 Å². The Hall–Kier alpha value is -1.42. The smallest absolute Gasteiger partial charge is 0.0898 e. The lowest BCUT2D eigenvalue weighted by molar-refractivity contribution is 0.844. The molecular formula is C11H13N3S. The third-order valence-electron chi connectivity index (χ3n) is 2.13. The van der Waals surface area contributed by atoms with E-state index in [4.69, 9.17) is 0 Å². The highest BCUT2D eigenvalue weighted by Gasteiger charge is 2.08. The van der Waals surface area contributed by atoms with Crippen molar-refractivity contribution in [2.24, 2.45) is 0 Å². The molecule has 0 aromatic carbocycles. The van der Waals surface area contributed by atoms with Crippen molar-refractivity contribution < 1.29 is 0 Å². The number of rotatable bonds is 3. The SMILES string of the molecule is Cc1nc(C(C)Nc2cccnc2)cs1. The van der Waals surface area contributed by atoms with E-state index < -0.39 is 0 Å². The number of aromatic nitrogens is 2. The second-order valence-corrected chi connectivity index (χ2v) is 4.46. The highest BCUT2D eigenvalue weighted by Crippen LogP contribution is 2.19. The summed E-state index contributed by atoms with van der Waals surface area (Å²) < 4.78 is 0. The number of thiazole rings is 1. The van der Waals surface area contributed by atoms with E-state index in [1.165, 1.54) is 0 Å². The molecule has 2 heterocycles. The van der Waals surface area contributed by atoms with Gasteiger partial charge in [0, 0.05) is 17.8 Å². The molecule has 0 aliphatic heterocycles. The molecule has 78 valence electrons. The van der Waals surface area contributed by atoms with Crippen molar-refractivity contribution in [3.05, 3.63) is 40.6 Å². The van der Waals surface area contributed by atoms with Gasteiger partial charge < -0.3 is 5.32 Å². The first kappa shape index (κ1) is 10.1. The van der Waals surface area contributed by atoms with Crippen LogP contribution in [0.15, 0.2) is 29.9 Å². The molecule has 0 bridgehead atoms. The van der Waals surface area contributed by atoms with Gasteiger partial charge in [0.25, 0.3) is 0 Å². The minimum Gasteiger partial charge on any atom is -0.376 e. The molecule has 1 N–H and O–H groups in total. The minimum atomic E-state index is 0.221. The van der Waals surface area contributed by atoms with Crippen molar-refractivity contribution in [1.82, 2.24) is 9.97 Å². The van der Waals surface area contributed by atoms with Crippen molar-refractivity contribution in [2.45, 2.75) is 19.9 Å². The molecule has 3 nitrogen and oxygen atoms in total. The van der Waals surface area contributed by atoms with Crippen LogP contribution < -0.4 is 5.32 Å². The fourth-order valence-corrected chi connectivity index (χ4v) is 2.06. The summed E-state index contributed by atoms with van der Waals surface area (Å²) in [6.07, 6.45) is 3.58. The van der Waals surface area contributed by atoms with Crippen molar-refractivity contribution in [3.63, 3.8) is 0 Å². The lowest BCUT2D eigenvalue weighted by Gasteiger charge is -2.12. The molecule has 0 aliphatic rings. The zero-order chi connectivity index (χ0) is 10.7. The van der Waals surface area contributed by atoms with Crippen LogP contribution in [0, 0.1) is 6.92 Å². The second-order valence-electron chi connectivity index (χ2n) is 3.40. The minimum absolute atomic E-state index is 0.221. The predicted octanol–water partition coefficient (Wildman–Crippen LogP) is 3.02. The average Bonchev–Trinajstić information content (AvgIpc) is 2.66. The molecule has 0 saturated carbocycles. The summed E-state index contributed by atoms with van der Waals surface area (Å²) in [5.41, 5.74) is 2.11. The summed E-state index contributed by atoms with van der Waals surface area (Å²) in [6, 6.07) is 4.14. The topological polar surface area (TPSA) is 37.8 Å². The van der Waals surface area contributed by atoms with Crippen LogP contribution in [0.2, 0.25) is 0 Å². The lowest BCUT2D eigenvalue weighted by Crippen LogP contribution is -2.06. The molecule has 0 spiro atoms.